The van der Waals surface area contributed by atoms with Gasteiger partial charge in [-0.1, -0.05) is 12.1 Å². The van der Waals surface area contributed by atoms with Crippen LogP contribution in [0.2, 0.25) is 0 Å². The molecule has 0 saturated heterocycles. The van der Waals surface area contributed by atoms with Crippen LogP contribution in [0, 0.1) is 5.82 Å². The molecule has 0 bridgehead atoms. The molecule has 29 heavy (non-hydrogen) atoms. The van der Waals surface area contributed by atoms with E-state index in [1.807, 2.05) is 43.3 Å². The van der Waals surface area contributed by atoms with E-state index in [0.29, 0.717) is 0 Å². The summed E-state index contributed by atoms with van der Waals surface area (Å²) in [5.74, 6) is -0.550. The zero-order valence-corrected chi connectivity index (χ0v) is 16.8. The van der Waals surface area contributed by atoms with Crippen molar-refractivity contribution in [1.29, 1.82) is 0 Å². The lowest BCUT2D eigenvalue weighted by Crippen LogP contribution is -2.11. The van der Waals surface area contributed by atoms with E-state index >= 15 is 0 Å². The highest BCUT2D eigenvalue weighted by atomic mass is 32.2. The summed E-state index contributed by atoms with van der Waals surface area (Å²) in [5.41, 5.74) is 0.248. The Bertz CT molecular complexity index is 1000. The molecule has 0 saturated carbocycles. The van der Waals surface area contributed by atoms with Gasteiger partial charge in [-0.25, -0.2) is 18.2 Å². The van der Waals surface area contributed by atoms with Crippen molar-refractivity contribution in [3.63, 3.8) is 0 Å². The number of ether oxygens (including phenoxy) is 2. The van der Waals surface area contributed by atoms with Crippen LogP contribution in [0.1, 0.15) is 0 Å². The van der Waals surface area contributed by atoms with Gasteiger partial charge in [0.1, 0.15) is 11.5 Å². The lowest BCUT2D eigenvalue weighted by atomic mass is 10.1. The van der Waals surface area contributed by atoms with E-state index in [2.05, 4.69) is 19.4 Å². The van der Waals surface area contributed by atoms with Crippen LogP contribution in [0.4, 0.5) is 24.7 Å². The lowest BCUT2D eigenvalue weighted by Gasteiger charge is -2.16. The summed E-state index contributed by atoms with van der Waals surface area (Å²) >= 11 is 1.24. The highest BCUT2D eigenvalue weighted by molar-refractivity contribution is 8.00. The van der Waals surface area contributed by atoms with Gasteiger partial charge in [0, 0.05) is 42.0 Å². The Hall–Kier alpha value is -2.88. The molecule has 10 heteroatoms. The van der Waals surface area contributed by atoms with Crippen LogP contribution in [0.5, 0.6) is 11.8 Å². The van der Waals surface area contributed by atoms with Crippen LogP contribution < -0.4 is 19.1 Å². The average Bonchev–Trinajstić information content (AvgIpc) is 2.70. The number of aromatic nitrogens is 2. The lowest BCUT2D eigenvalue weighted by molar-refractivity contribution is 0.0770. The van der Waals surface area contributed by atoms with Crippen LogP contribution >= 0.6 is 11.9 Å². The van der Waals surface area contributed by atoms with Gasteiger partial charge in [-0.2, -0.15) is 4.98 Å². The number of hydrogen-bond acceptors (Lipinski definition) is 7. The van der Waals surface area contributed by atoms with Gasteiger partial charge >= 0.3 is 0 Å². The van der Waals surface area contributed by atoms with Gasteiger partial charge in [-0.15, -0.1) is 0 Å². The molecule has 6 nitrogen and oxygen atoms in total. The minimum absolute atomic E-state index is 0.0269. The van der Waals surface area contributed by atoms with E-state index in [9.17, 15) is 13.2 Å². The number of pyridine rings is 2. The molecule has 0 atom stereocenters. The quantitative estimate of drug-likeness (QED) is 0.530. The summed E-state index contributed by atoms with van der Waals surface area (Å²) in [5, 5.41) is 1.93. The second kappa shape index (κ2) is 9.08. The molecule has 2 aromatic heterocycles. The predicted molar refractivity (Wildman–Crippen MR) is 108 cm³/mol. The number of halogens is 3. The molecule has 0 radical (unpaired) electrons. The van der Waals surface area contributed by atoms with Crippen LogP contribution in [0.25, 0.3) is 10.8 Å². The van der Waals surface area contributed by atoms with Crippen LogP contribution in [-0.2, 0) is 0 Å². The number of benzene rings is 1. The van der Waals surface area contributed by atoms with Gasteiger partial charge in [0.2, 0.25) is 5.88 Å². The van der Waals surface area contributed by atoms with Crippen molar-refractivity contribution >= 4 is 34.2 Å². The number of nitrogens with one attached hydrogen (secondary N) is 1. The number of alkyl halides is 2. The molecule has 2 heterocycles. The first kappa shape index (κ1) is 20.8. The third-order valence-corrected chi connectivity index (χ3v) is 4.79. The molecular weight excluding hydrogens is 405 g/mol. The second-order valence-corrected chi connectivity index (χ2v) is 6.97. The first-order valence-corrected chi connectivity index (χ1v) is 9.35. The Morgan fingerprint density at radius 2 is 1.97 bits per heavy atom. The third-order valence-electron chi connectivity index (χ3n) is 3.89. The van der Waals surface area contributed by atoms with Crippen molar-refractivity contribution in [3.05, 3.63) is 42.3 Å². The van der Waals surface area contributed by atoms with Gasteiger partial charge < -0.3 is 19.1 Å². The van der Waals surface area contributed by atoms with Gasteiger partial charge in [0.25, 0.3) is 12.3 Å². The maximum atomic E-state index is 14.2. The van der Waals surface area contributed by atoms with E-state index in [1.54, 1.807) is 6.20 Å². The monoisotopic (exact) mass is 424 g/mol. The summed E-state index contributed by atoms with van der Waals surface area (Å²) < 4.78 is 51.6. The topological polar surface area (TPSA) is 59.5 Å². The molecule has 1 aromatic carbocycles. The average molecular weight is 424 g/mol. The summed E-state index contributed by atoms with van der Waals surface area (Å²) in [4.78, 5) is 11.0. The molecule has 0 aliphatic heterocycles. The Morgan fingerprint density at radius 3 is 2.66 bits per heavy atom. The molecule has 0 unspecified atom stereocenters. The minimum atomic E-state index is -2.73. The first-order valence-electron chi connectivity index (χ1n) is 8.54. The standard InChI is InChI=1S/C19H19F3N4O2S/c1-26(2)17-12-5-4-6-15(11(12)7-8-23-17)29-25-14-9-13(20)18(24-19(14)27-3)28-10-16(21)22/h4-9,16,25H,10H2,1-3H3. The normalized spacial score (nSPS) is 11.0. The molecule has 1 N–H and O–H groups in total. The van der Waals surface area contributed by atoms with Crippen molar-refractivity contribution in [1.82, 2.24) is 9.97 Å². The fourth-order valence-corrected chi connectivity index (χ4v) is 3.45. The number of nitrogens with zero attached hydrogens (tertiary/aromatic N) is 3. The maximum Gasteiger partial charge on any atom is 0.272 e. The second-order valence-electron chi connectivity index (χ2n) is 6.12. The van der Waals surface area contributed by atoms with Crippen LogP contribution in [-0.4, -0.2) is 44.2 Å². The molecule has 3 aromatic rings. The third kappa shape index (κ3) is 4.76. The molecule has 0 aliphatic carbocycles. The van der Waals surface area contributed by atoms with Crippen molar-refractivity contribution in [2.75, 3.05) is 37.4 Å². The van der Waals surface area contributed by atoms with E-state index in [1.165, 1.54) is 19.1 Å². The van der Waals surface area contributed by atoms with Gasteiger partial charge in [-0.3, -0.25) is 0 Å². The van der Waals surface area contributed by atoms with Crippen molar-refractivity contribution < 1.29 is 22.6 Å². The maximum absolute atomic E-state index is 14.2. The van der Waals surface area contributed by atoms with Gasteiger partial charge in [0.15, 0.2) is 12.4 Å². The smallest absolute Gasteiger partial charge is 0.272 e. The largest absolute Gasteiger partial charge is 0.479 e. The number of hydrogen-bond donors (Lipinski definition) is 1. The van der Waals surface area contributed by atoms with Crippen molar-refractivity contribution in [2.45, 2.75) is 11.3 Å². The number of anilines is 2. The Kier molecular flexibility index (Phi) is 6.53. The van der Waals surface area contributed by atoms with E-state index in [-0.39, 0.29) is 11.6 Å². The SMILES string of the molecule is COc1nc(OCC(F)F)c(F)cc1NSc1cccc2c(N(C)C)nccc12. The summed E-state index contributed by atoms with van der Waals surface area (Å²) in [6.45, 7) is -0.952. The number of methoxy groups -OCH3 is 1. The number of rotatable bonds is 8. The van der Waals surface area contributed by atoms with Crippen LogP contribution in [0.15, 0.2) is 41.4 Å². The molecule has 0 amide bonds. The molecule has 154 valence electrons. The molecule has 0 spiro atoms. The van der Waals surface area contributed by atoms with Gasteiger partial charge in [-0.05, 0) is 24.1 Å². The summed E-state index contributed by atoms with van der Waals surface area (Å²) in [7, 11) is 5.17. The minimum Gasteiger partial charge on any atom is -0.479 e. The fourth-order valence-electron chi connectivity index (χ4n) is 2.65. The van der Waals surface area contributed by atoms with Crippen molar-refractivity contribution in [2.24, 2.45) is 0 Å². The number of fused-ring (bicyclic) bond motifs is 1. The highest BCUT2D eigenvalue weighted by Gasteiger charge is 2.16. The highest BCUT2D eigenvalue weighted by Crippen LogP contribution is 2.35. The molecule has 0 fully saturated rings. The predicted octanol–water partition coefficient (Wildman–Crippen LogP) is 4.61. The molecular formula is C19H19F3N4O2S. The molecule has 0 aliphatic rings. The Labute approximate surface area is 170 Å². The summed E-state index contributed by atoms with van der Waals surface area (Å²) in [6.07, 6.45) is -1.01. The van der Waals surface area contributed by atoms with Gasteiger partial charge in [0.05, 0.1) is 7.11 Å². The first-order chi connectivity index (χ1) is 13.9. The van der Waals surface area contributed by atoms with E-state index < -0.39 is 24.7 Å². The van der Waals surface area contributed by atoms with Crippen molar-refractivity contribution in [3.8, 4) is 11.8 Å². The van der Waals surface area contributed by atoms with E-state index in [4.69, 9.17) is 4.74 Å². The molecule has 3 rings (SSSR count). The summed E-state index contributed by atoms with van der Waals surface area (Å²) in [6, 6.07) is 8.77. The van der Waals surface area contributed by atoms with Crippen LogP contribution in [0.3, 0.4) is 0 Å². The Balaban J connectivity index is 1.86. The Morgan fingerprint density at radius 1 is 1.17 bits per heavy atom. The zero-order chi connectivity index (χ0) is 21.0. The fraction of sp³-hybridized carbons (Fsp3) is 0.263. The van der Waals surface area contributed by atoms with E-state index in [0.717, 1.165) is 27.6 Å². The zero-order valence-electron chi connectivity index (χ0n) is 15.9.